The molecule has 0 saturated carbocycles. The Kier molecular flexibility index (Phi) is 5.86. The third-order valence-electron chi connectivity index (χ3n) is 8.13. The van der Waals surface area contributed by atoms with Gasteiger partial charge in [0.2, 0.25) is 5.88 Å². The van der Waals surface area contributed by atoms with Crippen LogP contribution in [0.4, 0.5) is 17.3 Å². The van der Waals surface area contributed by atoms with Crippen LogP contribution in [0.3, 0.4) is 0 Å². The minimum Gasteiger partial charge on any atom is -0.440 e. The van der Waals surface area contributed by atoms with E-state index in [1.807, 2.05) is 12.1 Å². The maximum atomic E-state index is 6.25. The van der Waals surface area contributed by atoms with Crippen molar-refractivity contribution in [3.05, 3.63) is 157 Å². The third kappa shape index (κ3) is 4.23. The second-order valence-corrected chi connectivity index (χ2v) is 10.6. The molecule has 0 radical (unpaired) electrons. The lowest BCUT2D eigenvalue weighted by Gasteiger charge is -2.34. The molecule has 1 N–H and O–H groups in total. The molecule has 0 spiro atoms. The first-order valence-corrected chi connectivity index (χ1v) is 14.3. The van der Waals surface area contributed by atoms with Crippen molar-refractivity contribution in [1.82, 2.24) is 0 Å². The molecule has 6 aromatic carbocycles. The SMILES string of the molecule is C1=CC(N(c2ccc(-c3ccccc3)cc2)c2ccc(-c3cccc4ccccc34)cc2)Nc2oc3ccccc3c21. The van der Waals surface area contributed by atoms with Gasteiger partial charge in [0, 0.05) is 22.3 Å². The van der Waals surface area contributed by atoms with E-state index in [-0.39, 0.29) is 6.17 Å². The number of rotatable bonds is 5. The Balaban J connectivity index is 1.19. The molecule has 0 bridgehead atoms. The third-order valence-corrected chi connectivity index (χ3v) is 8.13. The van der Waals surface area contributed by atoms with Gasteiger partial charge in [0.1, 0.15) is 11.7 Å². The van der Waals surface area contributed by atoms with E-state index >= 15 is 0 Å². The van der Waals surface area contributed by atoms with E-state index in [1.54, 1.807) is 0 Å². The maximum absolute atomic E-state index is 6.25. The topological polar surface area (TPSA) is 28.4 Å². The average Bonchev–Trinajstić information content (AvgIpc) is 3.44. The molecule has 0 saturated heterocycles. The van der Waals surface area contributed by atoms with E-state index in [0.717, 1.165) is 33.8 Å². The highest BCUT2D eigenvalue weighted by molar-refractivity contribution is 5.97. The van der Waals surface area contributed by atoms with E-state index in [9.17, 15) is 0 Å². The number of nitrogens with zero attached hydrogens (tertiary/aromatic N) is 1. The van der Waals surface area contributed by atoms with Gasteiger partial charge in [-0.1, -0.05) is 115 Å². The van der Waals surface area contributed by atoms with Gasteiger partial charge in [-0.2, -0.15) is 0 Å². The van der Waals surface area contributed by atoms with Crippen LogP contribution in [0.25, 0.3) is 50.1 Å². The minimum atomic E-state index is -0.135. The number of para-hydroxylation sites is 1. The Bertz CT molecular complexity index is 2050. The number of nitrogens with one attached hydrogen (secondary N) is 1. The van der Waals surface area contributed by atoms with Gasteiger partial charge in [-0.05, 0) is 75.5 Å². The number of hydrogen-bond donors (Lipinski definition) is 1. The van der Waals surface area contributed by atoms with Gasteiger partial charge in [-0.15, -0.1) is 0 Å². The van der Waals surface area contributed by atoms with Crippen LogP contribution in [0.1, 0.15) is 5.56 Å². The maximum Gasteiger partial charge on any atom is 0.203 e. The highest BCUT2D eigenvalue weighted by atomic mass is 16.4. The van der Waals surface area contributed by atoms with E-state index in [2.05, 4.69) is 156 Å². The highest BCUT2D eigenvalue weighted by Gasteiger charge is 2.25. The molecule has 7 aromatic rings. The Morgan fingerprint density at radius 1 is 0.524 bits per heavy atom. The van der Waals surface area contributed by atoms with Crippen molar-refractivity contribution < 1.29 is 4.42 Å². The fourth-order valence-electron chi connectivity index (χ4n) is 6.05. The molecule has 200 valence electrons. The summed E-state index contributed by atoms with van der Waals surface area (Å²) in [6, 6.07) is 51.4. The van der Waals surface area contributed by atoms with Crippen LogP contribution in [0.15, 0.2) is 156 Å². The normalized spacial score (nSPS) is 14.0. The zero-order chi connectivity index (χ0) is 27.9. The fraction of sp³-hybridized carbons (Fsp3) is 0.0256. The molecule has 1 aliphatic heterocycles. The monoisotopic (exact) mass is 540 g/mol. The number of fused-ring (bicyclic) bond motifs is 4. The zero-order valence-electron chi connectivity index (χ0n) is 22.9. The predicted molar refractivity (Wildman–Crippen MR) is 176 cm³/mol. The number of hydrogen-bond acceptors (Lipinski definition) is 3. The zero-order valence-corrected chi connectivity index (χ0v) is 22.9. The average molecular weight is 541 g/mol. The van der Waals surface area contributed by atoms with Crippen LogP contribution in [-0.4, -0.2) is 6.17 Å². The summed E-state index contributed by atoms with van der Waals surface area (Å²) in [4.78, 5) is 2.33. The minimum absolute atomic E-state index is 0.135. The molecular weight excluding hydrogens is 512 g/mol. The Morgan fingerprint density at radius 2 is 1.14 bits per heavy atom. The summed E-state index contributed by atoms with van der Waals surface area (Å²) in [7, 11) is 0. The molecule has 3 heteroatoms. The van der Waals surface area contributed by atoms with Crippen LogP contribution in [-0.2, 0) is 0 Å². The van der Waals surface area contributed by atoms with Gasteiger partial charge >= 0.3 is 0 Å². The van der Waals surface area contributed by atoms with Crippen molar-refractivity contribution in [1.29, 1.82) is 0 Å². The van der Waals surface area contributed by atoms with Crippen LogP contribution in [0.5, 0.6) is 0 Å². The fourth-order valence-corrected chi connectivity index (χ4v) is 6.05. The highest BCUT2D eigenvalue weighted by Crippen LogP contribution is 2.39. The summed E-state index contributed by atoms with van der Waals surface area (Å²) >= 11 is 0. The predicted octanol–water partition coefficient (Wildman–Crippen LogP) is 10.5. The molecule has 0 amide bonds. The Hall–Kier alpha value is -5.54. The summed E-state index contributed by atoms with van der Waals surface area (Å²) in [5.74, 6) is 0.794. The molecule has 1 atom stereocenters. The second kappa shape index (κ2) is 10.1. The van der Waals surface area contributed by atoms with Gasteiger partial charge in [0.15, 0.2) is 0 Å². The summed E-state index contributed by atoms with van der Waals surface area (Å²) in [5, 5.41) is 7.30. The van der Waals surface area contributed by atoms with Crippen molar-refractivity contribution in [3.8, 4) is 22.3 Å². The Morgan fingerprint density at radius 3 is 1.93 bits per heavy atom. The lowest BCUT2D eigenvalue weighted by Crippen LogP contribution is -2.37. The van der Waals surface area contributed by atoms with Crippen LogP contribution < -0.4 is 10.2 Å². The first-order valence-electron chi connectivity index (χ1n) is 14.3. The van der Waals surface area contributed by atoms with Crippen molar-refractivity contribution in [3.63, 3.8) is 0 Å². The van der Waals surface area contributed by atoms with Gasteiger partial charge in [0.25, 0.3) is 0 Å². The van der Waals surface area contributed by atoms with E-state index < -0.39 is 0 Å². The van der Waals surface area contributed by atoms with Crippen molar-refractivity contribution in [2.24, 2.45) is 0 Å². The van der Waals surface area contributed by atoms with Crippen LogP contribution in [0, 0.1) is 0 Å². The van der Waals surface area contributed by atoms with Crippen LogP contribution >= 0.6 is 0 Å². The number of anilines is 3. The molecule has 1 unspecified atom stereocenters. The first-order chi connectivity index (χ1) is 20.8. The second-order valence-electron chi connectivity index (χ2n) is 10.6. The molecular formula is C39H28N2O. The summed E-state index contributed by atoms with van der Waals surface area (Å²) in [6.07, 6.45) is 4.26. The standard InChI is InChI=1S/C39H28N2O/c1-2-9-27(10-3-1)28-17-21-31(22-18-28)41(38-26-25-36-35-14-6-7-16-37(35)42-39(36)40-38)32-23-19-30(20-24-32)34-15-8-12-29-11-4-5-13-33(29)34/h1-26,38,40H. The molecule has 0 aliphatic carbocycles. The lowest BCUT2D eigenvalue weighted by molar-refractivity contribution is 0.616. The van der Waals surface area contributed by atoms with Gasteiger partial charge < -0.3 is 14.6 Å². The summed E-state index contributed by atoms with van der Waals surface area (Å²) in [5.41, 5.74) is 8.99. The van der Waals surface area contributed by atoms with E-state index in [1.165, 1.54) is 33.0 Å². The molecule has 8 rings (SSSR count). The van der Waals surface area contributed by atoms with Crippen LogP contribution in [0.2, 0.25) is 0 Å². The van der Waals surface area contributed by atoms with E-state index in [0.29, 0.717) is 0 Å². The Labute approximate surface area is 245 Å². The first kappa shape index (κ1) is 24.3. The summed E-state index contributed by atoms with van der Waals surface area (Å²) < 4.78 is 6.25. The van der Waals surface area contributed by atoms with Gasteiger partial charge in [0.05, 0.1) is 0 Å². The summed E-state index contributed by atoms with van der Waals surface area (Å²) in [6.45, 7) is 0. The molecule has 1 aliphatic rings. The van der Waals surface area contributed by atoms with Gasteiger partial charge in [-0.3, -0.25) is 0 Å². The van der Waals surface area contributed by atoms with Crippen molar-refractivity contribution in [2.45, 2.75) is 6.17 Å². The smallest absolute Gasteiger partial charge is 0.203 e. The largest absolute Gasteiger partial charge is 0.440 e. The van der Waals surface area contributed by atoms with Gasteiger partial charge in [-0.25, -0.2) is 0 Å². The molecule has 2 heterocycles. The molecule has 42 heavy (non-hydrogen) atoms. The van der Waals surface area contributed by atoms with Crippen molar-refractivity contribution in [2.75, 3.05) is 10.2 Å². The van der Waals surface area contributed by atoms with E-state index in [4.69, 9.17) is 4.42 Å². The number of benzene rings is 6. The quantitative estimate of drug-likeness (QED) is 0.235. The van der Waals surface area contributed by atoms with Crippen molar-refractivity contribution >= 4 is 45.1 Å². The molecule has 0 fully saturated rings. The molecule has 1 aromatic heterocycles. The molecule has 3 nitrogen and oxygen atoms in total. The number of furan rings is 1. The lowest BCUT2D eigenvalue weighted by atomic mass is 9.98.